The lowest BCUT2D eigenvalue weighted by atomic mass is 9.98. The van der Waals surface area contributed by atoms with Crippen LogP contribution in [0.5, 0.6) is 0 Å². The van der Waals surface area contributed by atoms with Gasteiger partial charge in [-0.25, -0.2) is 14.6 Å². The summed E-state index contributed by atoms with van der Waals surface area (Å²) >= 11 is 1.26. The number of thiazole rings is 1. The summed E-state index contributed by atoms with van der Waals surface area (Å²) in [6.45, 7) is 5.47. The maximum Gasteiger partial charge on any atom is 0.407 e. The zero-order valence-electron chi connectivity index (χ0n) is 19.7. The number of carbonyl (C=O) groups excluding carboxylic acids is 2. The summed E-state index contributed by atoms with van der Waals surface area (Å²) in [6.07, 6.45) is -0.573. The van der Waals surface area contributed by atoms with E-state index in [2.05, 4.69) is 39.9 Å². The number of aromatic nitrogens is 1. The Morgan fingerprint density at radius 3 is 2.23 bits per heavy atom. The fourth-order valence-electron chi connectivity index (χ4n) is 4.26. The minimum atomic E-state index is -1.10. The van der Waals surface area contributed by atoms with Gasteiger partial charge < -0.3 is 20.5 Å². The molecule has 0 spiro atoms. The molecule has 0 saturated carbocycles. The number of alkyl carbamates (subject to hydrolysis) is 1. The molecule has 4 rings (SSSR count). The summed E-state index contributed by atoms with van der Waals surface area (Å²) in [6, 6.07) is 15.2. The van der Waals surface area contributed by atoms with E-state index in [4.69, 9.17) is 4.74 Å². The highest BCUT2D eigenvalue weighted by Crippen LogP contribution is 2.44. The lowest BCUT2D eigenvalue weighted by Crippen LogP contribution is -2.44. The van der Waals surface area contributed by atoms with Crippen LogP contribution in [0.2, 0.25) is 0 Å². The van der Waals surface area contributed by atoms with Crippen molar-refractivity contribution in [1.29, 1.82) is 0 Å². The summed E-state index contributed by atoms with van der Waals surface area (Å²) in [4.78, 5) is 41.3. The Bertz CT molecular complexity index is 1220. The standard InChI is InChI=1S/C26H27N3O5S/c1-14(2)22(25(31)32)29-24(30)23-15(3)35-21(28-23)12-27-26(33)34-13-20-18-10-6-4-8-16(18)17-9-5-7-11-19(17)20/h4-11,14,20,22H,12-13H2,1-3H3,(H,27,33)(H,29,30)(H,31,32)/t22-/m1/s1. The molecule has 0 bridgehead atoms. The van der Waals surface area contributed by atoms with Crippen molar-refractivity contribution in [2.24, 2.45) is 5.92 Å². The van der Waals surface area contributed by atoms with Crippen LogP contribution >= 0.6 is 11.3 Å². The largest absolute Gasteiger partial charge is 0.480 e. The number of ether oxygens (including phenoxy) is 1. The van der Waals surface area contributed by atoms with Crippen LogP contribution in [0.4, 0.5) is 4.79 Å². The number of aryl methyl sites for hydroxylation is 1. The van der Waals surface area contributed by atoms with Gasteiger partial charge in [0.25, 0.3) is 5.91 Å². The molecule has 3 N–H and O–H groups in total. The van der Waals surface area contributed by atoms with Crippen molar-refractivity contribution in [2.45, 2.75) is 39.3 Å². The average molecular weight is 494 g/mol. The third kappa shape index (κ3) is 5.19. The molecule has 182 valence electrons. The molecule has 0 aliphatic heterocycles. The van der Waals surface area contributed by atoms with E-state index in [-0.39, 0.29) is 30.7 Å². The van der Waals surface area contributed by atoms with E-state index in [1.165, 1.54) is 11.3 Å². The van der Waals surface area contributed by atoms with E-state index in [1.54, 1.807) is 20.8 Å². The smallest absolute Gasteiger partial charge is 0.407 e. The fraction of sp³-hybridized carbons (Fsp3) is 0.308. The monoisotopic (exact) mass is 493 g/mol. The van der Waals surface area contributed by atoms with Gasteiger partial charge in [0, 0.05) is 10.8 Å². The Morgan fingerprint density at radius 2 is 1.66 bits per heavy atom. The van der Waals surface area contributed by atoms with Crippen molar-refractivity contribution >= 4 is 29.3 Å². The van der Waals surface area contributed by atoms with E-state index in [1.807, 2.05) is 24.3 Å². The molecule has 1 heterocycles. The molecule has 0 unspecified atom stereocenters. The molecule has 2 amide bonds. The van der Waals surface area contributed by atoms with Crippen molar-refractivity contribution in [3.05, 3.63) is 75.2 Å². The number of aliphatic carboxylic acids is 1. The Morgan fingerprint density at radius 1 is 1.06 bits per heavy atom. The highest BCUT2D eigenvalue weighted by Gasteiger charge is 2.29. The van der Waals surface area contributed by atoms with Crippen LogP contribution in [-0.4, -0.2) is 40.7 Å². The second-order valence-electron chi connectivity index (χ2n) is 8.72. The quantitative estimate of drug-likeness (QED) is 0.430. The summed E-state index contributed by atoms with van der Waals surface area (Å²) in [5, 5.41) is 15.0. The number of rotatable bonds is 8. The number of carboxylic acid groups (broad SMARTS) is 1. The minimum Gasteiger partial charge on any atom is -0.480 e. The van der Waals surface area contributed by atoms with Gasteiger partial charge >= 0.3 is 12.1 Å². The number of carboxylic acids is 1. The third-order valence-electron chi connectivity index (χ3n) is 6.00. The fourth-order valence-corrected chi connectivity index (χ4v) is 5.13. The Hall–Kier alpha value is -3.72. The third-order valence-corrected chi connectivity index (χ3v) is 6.97. The van der Waals surface area contributed by atoms with Gasteiger partial charge in [-0.15, -0.1) is 11.3 Å². The number of nitrogens with zero attached hydrogens (tertiary/aromatic N) is 1. The van der Waals surface area contributed by atoms with Crippen LogP contribution in [0.15, 0.2) is 48.5 Å². The topological polar surface area (TPSA) is 118 Å². The zero-order chi connectivity index (χ0) is 25.1. The number of benzene rings is 2. The summed E-state index contributed by atoms with van der Waals surface area (Å²) in [5.41, 5.74) is 4.74. The SMILES string of the molecule is Cc1sc(CNC(=O)OCC2c3ccccc3-c3ccccc32)nc1C(=O)N[C@@H](C(=O)O)C(C)C. The lowest BCUT2D eigenvalue weighted by Gasteiger charge is -2.17. The Labute approximate surface area is 207 Å². The number of nitrogens with one attached hydrogen (secondary N) is 2. The van der Waals surface area contributed by atoms with E-state index in [0.29, 0.717) is 9.88 Å². The van der Waals surface area contributed by atoms with Gasteiger partial charge in [-0.05, 0) is 35.1 Å². The van der Waals surface area contributed by atoms with Gasteiger partial charge in [0.1, 0.15) is 23.4 Å². The Kier molecular flexibility index (Phi) is 7.16. The molecule has 1 atom stereocenters. The maximum absolute atomic E-state index is 12.5. The predicted molar refractivity (Wildman–Crippen MR) is 132 cm³/mol. The van der Waals surface area contributed by atoms with E-state index in [0.717, 1.165) is 22.3 Å². The molecule has 0 fully saturated rings. The van der Waals surface area contributed by atoms with Gasteiger partial charge in [-0.3, -0.25) is 4.79 Å². The number of hydrogen-bond donors (Lipinski definition) is 3. The predicted octanol–water partition coefficient (Wildman–Crippen LogP) is 4.33. The highest BCUT2D eigenvalue weighted by molar-refractivity contribution is 7.11. The van der Waals surface area contributed by atoms with Gasteiger partial charge in [-0.1, -0.05) is 62.4 Å². The molecule has 0 radical (unpaired) electrons. The molecular weight excluding hydrogens is 466 g/mol. The number of hydrogen-bond acceptors (Lipinski definition) is 6. The highest BCUT2D eigenvalue weighted by atomic mass is 32.1. The van der Waals surface area contributed by atoms with Crippen LogP contribution in [-0.2, 0) is 16.1 Å². The molecular formula is C26H27N3O5S. The molecule has 8 nitrogen and oxygen atoms in total. The lowest BCUT2D eigenvalue weighted by molar-refractivity contribution is -0.140. The Balaban J connectivity index is 1.35. The molecule has 1 aliphatic rings. The number of fused-ring (bicyclic) bond motifs is 3. The van der Waals surface area contributed by atoms with Crippen LogP contribution in [0.3, 0.4) is 0 Å². The van der Waals surface area contributed by atoms with Crippen molar-refractivity contribution in [3.63, 3.8) is 0 Å². The van der Waals surface area contributed by atoms with E-state index in [9.17, 15) is 19.5 Å². The summed E-state index contributed by atoms with van der Waals surface area (Å²) in [7, 11) is 0. The molecule has 3 aromatic rings. The second-order valence-corrected chi connectivity index (χ2v) is 10.0. The van der Waals surface area contributed by atoms with Crippen molar-refractivity contribution in [1.82, 2.24) is 15.6 Å². The first-order valence-corrected chi connectivity index (χ1v) is 12.2. The average Bonchev–Trinajstić information content (AvgIpc) is 3.37. The normalized spacial score (nSPS) is 13.1. The van der Waals surface area contributed by atoms with Crippen molar-refractivity contribution < 1.29 is 24.2 Å². The molecule has 2 aromatic carbocycles. The zero-order valence-corrected chi connectivity index (χ0v) is 20.5. The van der Waals surface area contributed by atoms with Gasteiger partial charge in [0.15, 0.2) is 0 Å². The molecule has 1 aromatic heterocycles. The first-order valence-electron chi connectivity index (χ1n) is 11.3. The second kappa shape index (κ2) is 10.3. The molecule has 9 heteroatoms. The first kappa shape index (κ1) is 24.4. The van der Waals surface area contributed by atoms with Crippen LogP contribution in [0.25, 0.3) is 11.1 Å². The van der Waals surface area contributed by atoms with E-state index < -0.39 is 24.0 Å². The van der Waals surface area contributed by atoms with Gasteiger partial charge in [-0.2, -0.15) is 0 Å². The number of amides is 2. The van der Waals surface area contributed by atoms with Gasteiger partial charge in [0.2, 0.25) is 0 Å². The summed E-state index contributed by atoms with van der Waals surface area (Å²) in [5.74, 6) is -1.95. The van der Waals surface area contributed by atoms with Crippen molar-refractivity contribution in [3.8, 4) is 11.1 Å². The molecule has 1 aliphatic carbocycles. The van der Waals surface area contributed by atoms with Crippen LogP contribution < -0.4 is 10.6 Å². The van der Waals surface area contributed by atoms with Gasteiger partial charge in [0.05, 0.1) is 6.54 Å². The summed E-state index contributed by atoms with van der Waals surface area (Å²) < 4.78 is 5.53. The van der Waals surface area contributed by atoms with E-state index >= 15 is 0 Å². The number of carbonyl (C=O) groups is 3. The first-order chi connectivity index (χ1) is 16.8. The minimum absolute atomic E-state index is 0.0336. The molecule has 35 heavy (non-hydrogen) atoms. The molecule has 0 saturated heterocycles. The van der Waals surface area contributed by atoms with Crippen LogP contribution in [0, 0.1) is 12.8 Å². The maximum atomic E-state index is 12.5. The van der Waals surface area contributed by atoms with Crippen LogP contribution in [0.1, 0.15) is 51.3 Å². The van der Waals surface area contributed by atoms with Crippen molar-refractivity contribution in [2.75, 3.05) is 6.61 Å².